The van der Waals surface area contributed by atoms with Gasteiger partial charge in [0.15, 0.2) is 0 Å². The molecule has 2 heterocycles. The molecule has 0 spiro atoms. The minimum Gasteiger partial charge on any atom is -0.458 e. The van der Waals surface area contributed by atoms with Crippen molar-refractivity contribution in [3.8, 4) is 0 Å². The second-order valence-corrected chi connectivity index (χ2v) is 27.4. The minimum atomic E-state index is -1.81. The van der Waals surface area contributed by atoms with Gasteiger partial charge in [0, 0.05) is 25.6 Å². The smallest absolute Gasteiger partial charge is 0.329 e. The molecular formula is C68H112N14O15. The van der Waals surface area contributed by atoms with Crippen LogP contribution in [0.25, 0.3) is 0 Å². The number of likely N-dealkylation sites (tertiary alicyclic amines) is 1. The summed E-state index contributed by atoms with van der Waals surface area (Å²) in [5.74, 6) is -14.1. The highest BCUT2D eigenvalue weighted by Gasteiger charge is 2.44. The maximum atomic E-state index is 15.0. The molecule has 1 aromatic carbocycles. The Morgan fingerprint density at radius 1 is 0.639 bits per heavy atom. The van der Waals surface area contributed by atoms with Gasteiger partial charge in [0.2, 0.25) is 70.9 Å². The summed E-state index contributed by atoms with van der Waals surface area (Å²) in [4.78, 5) is 186. The van der Waals surface area contributed by atoms with E-state index >= 15 is 4.79 Å². The summed E-state index contributed by atoms with van der Waals surface area (Å²) in [6.07, 6.45) is 0.722. The minimum absolute atomic E-state index is 0.0382. The Morgan fingerprint density at radius 3 is 1.77 bits per heavy atom. The van der Waals surface area contributed by atoms with Gasteiger partial charge in [0.05, 0.1) is 12.1 Å². The van der Waals surface area contributed by atoms with E-state index in [9.17, 15) is 62.6 Å². The SMILES string of the molecule is CC[C@H](C)[C@H](NC(=O)[C@H](CCCN)NC(=O)[C@@H]1CCCN1C(=O)[C@@H](NC(=O)[C@@H](NC(=O)[C@@H](NC(=O)[C@@H](N)C(C)C)[C@@H](C)O)C(C)C)C(C)C)C(=O)N[C@H]1C(=O)N[C@@H]([C@@H](C)CC)C(=O)NC(Cc2ccccc2)C(=O)NC(C(C)C)C(=O)NC/C=C\C(=O)NC(C(C)C)C(=O)O[C@@H]1C. The molecule has 0 radical (unpaired) electrons. The molecule has 97 heavy (non-hydrogen) atoms. The van der Waals surface area contributed by atoms with Crippen molar-refractivity contribution in [1.82, 2.24) is 63.4 Å². The number of nitrogens with two attached hydrogens (primary N) is 2. The van der Waals surface area contributed by atoms with E-state index in [0.29, 0.717) is 18.4 Å². The molecule has 3 rings (SSSR count). The van der Waals surface area contributed by atoms with E-state index in [1.54, 1.807) is 127 Å². The first-order valence-corrected chi connectivity index (χ1v) is 34.2. The Morgan fingerprint density at radius 2 is 1.22 bits per heavy atom. The Balaban J connectivity index is 2.04. The fraction of sp³-hybridized carbons (Fsp3) is 0.691. The normalized spacial score (nSPS) is 23.4. The maximum absolute atomic E-state index is 15.0. The quantitative estimate of drug-likeness (QED) is 0.0471. The number of aliphatic hydroxyl groups is 1. The van der Waals surface area contributed by atoms with Crippen LogP contribution in [0.2, 0.25) is 0 Å². The first-order chi connectivity index (χ1) is 45.5. The number of aliphatic hydroxyl groups excluding tert-OH is 1. The van der Waals surface area contributed by atoms with Gasteiger partial charge in [-0.25, -0.2) is 4.79 Å². The van der Waals surface area contributed by atoms with Crippen molar-refractivity contribution in [1.29, 1.82) is 0 Å². The average molecular weight is 1370 g/mol. The van der Waals surface area contributed by atoms with Gasteiger partial charge in [-0.3, -0.25) is 57.5 Å². The van der Waals surface area contributed by atoms with E-state index in [4.69, 9.17) is 16.2 Å². The molecule has 1 fully saturated rings. The zero-order valence-electron chi connectivity index (χ0n) is 59.5. The zero-order chi connectivity index (χ0) is 73.3. The summed E-state index contributed by atoms with van der Waals surface area (Å²) in [5, 5.41) is 40.1. The van der Waals surface area contributed by atoms with Gasteiger partial charge in [0.25, 0.3) is 0 Å². The zero-order valence-corrected chi connectivity index (χ0v) is 59.5. The molecule has 12 amide bonds. The third kappa shape index (κ3) is 25.1. The van der Waals surface area contributed by atoms with Gasteiger partial charge in [-0.2, -0.15) is 0 Å². The van der Waals surface area contributed by atoms with Gasteiger partial charge in [0.1, 0.15) is 72.6 Å². The van der Waals surface area contributed by atoms with E-state index in [1.807, 2.05) is 0 Å². The summed E-state index contributed by atoms with van der Waals surface area (Å²) >= 11 is 0. The number of benzene rings is 1. The fourth-order valence-corrected chi connectivity index (χ4v) is 10.9. The highest BCUT2D eigenvalue weighted by Crippen LogP contribution is 2.23. The van der Waals surface area contributed by atoms with Gasteiger partial charge >= 0.3 is 5.97 Å². The van der Waals surface area contributed by atoms with Crippen LogP contribution in [0.15, 0.2) is 42.5 Å². The van der Waals surface area contributed by atoms with Gasteiger partial charge in [-0.15, -0.1) is 0 Å². The van der Waals surface area contributed by atoms with E-state index in [2.05, 4.69) is 58.5 Å². The van der Waals surface area contributed by atoms with Crippen molar-refractivity contribution < 1.29 is 72.2 Å². The number of amides is 12. The van der Waals surface area contributed by atoms with E-state index in [0.717, 1.165) is 6.08 Å². The van der Waals surface area contributed by atoms with Crippen LogP contribution in [0.3, 0.4) is 0 Å². The second kappa shape index (κ2) is 40.0. The fourth-order valence-electron chi connectivity index (χ4n) is 10.9. The number of nitrogens with one attached hydrogen (secondary N) is 11. The highest BCUT2D eigenvalue weighted by atomic mass is 16.5. The van der Waals surface area contributed by atoms with Crippen LogP contribution in [0, 0.1) is 41.4 Å². The largest absolute Gasteiger partial charge is 0.458 e. The summed E-state index contributed by atoms with van der Waals surface area (Å²) in [7, 11) is 0. The number of cyclic esters (lactones) is 1. The molecule has 1 aromatic rings. The third-order valence-electron chi connectivity index (χ3n) is 17.7. The number of hydrogen-bond acceptors (Lipinski definition) is 17. The summed E-state index contributed by atoms with van der Waals surface area (Å²) in [6, 6.07) is -7.07. The summed E-state index contributed by atoms with van der Waals surface area (Å²) < 4.78 is 5.92. The van der Waals surface area contributed by atoms with Crippen LogP contribution in [-0.4, -0.2) is 191 Å². The predicted octanol–water partition coefficient (Wildman–Crippen LogP) is -0.495. The lowest BCUT2D eigenvalue weighted by atomic mass is 9.95. The molecule has 544 valence electrons. The Bertz CT molecular complexity index is 2890. The van der Waals surface area contributed by atoms with Crippen molar-refractivity contribution in [3.05, 3.63) is 48.0 Å². The Hall–Kier alpha value is -8.05. The molecule has 29 heteroatoms. The number of ether oxygens (including phenoxy) is 1. The molecule has 1 saturated heterocycles. The van der Waals surface area contributed by atoms with E-state index < -0.39 is 197 Å². The van der Waals surface area contributed by atoms with Gasteiger partial charge in [-0.05, 0) is 93.1 Å². The molecule has 2 aliphatic heterocycles. The number of carbonyl (C=O) groups is 13. The molecule has 0 aliphatic carbocycles. The highest BCUT2D eigenvalue weighted by molar-refractivity contribution is 6.00. The van der Waals surface area contributed by atoms with Crippen molar-refractivity contribution >= 4 is 76.9 Å². The summed E-state index contributed by atoms with van der Waals surface area (Å²) in [6.45, 7) is 26.3. The lowest BCUT2D eigenvalue weighted by molar-refractivity contribution is -0.157. The standard InChI is InChI=1S/C68H112N14O15/c1-17-39(13)53-63(91)73-45(33-43-25-20-19-21-26-43)58(86)75-49(35(5)6)61(89)71-31-23-29-47(84)74-52(38(11)12)68(96)97-42(16)56(66(94)79-53)81-64(92)54(40(14)18-2)78-57(85)44(27-22-30-69)72-59(87)46-28-24-32-82(46)67(95)51(37(9)10)77-62(90)50(36(7)8)76-65(93)55(41(15)83)80-60(88)48(70)34(3)4/h19-21,23,25-26,29,34-42,44-46,48-56,83H,17-18,22,24,27-28,30-33,69-70H2,1-16H3,(H,71,89)(H,72,87)(H,73,91)(H,74,84)(H,75,86)(H,76,93)(H,77,90)(H,78,85)(H,79,94)(H,80,88)(H,81,92)/b29-23-/t39-,40-,41+,42+,44-,45?,46-,48-,49?,50-,51-,52?,53-,54-,55-,56+/m0/s1. The van der Waals surface area contributed by atoms with E-state index in [-0.39, 0.29) is 57.7 Å². The molecule has 16 atom stereocenters. The first-order valence-electron chi connectivity index (χ1n) is 34.2. The molecule has 29 nitrogen and oxygen atoms in total. The van der Waals surface area contributed by atoms with Crippen LogP contribution in [0.5, 0.6) is 0 Å². The van der Waals surface area contributed by atoms with E-state index in [1.165, 1.54) is 24.8 Å². The van der Waals surface area contributed by atoms with Crippen LogP contribution in [0.1, 0.15) is 155 Å². The average Bonchev–Trinajstić information content (AvgIpc) is 1.81. The molecule has 3 unspecified atom stereocenters. The second-order valence-electron chi connectivity index (χ2n) is 27.4. The lowest BCUT2D eigenvalue weighted by Crippen LogP contribution is -2.64. The third-order valence-corrected chi connectivity index (χ3v) is 17.7. The van der Waals surface area contributed by atoms with Crippen LogP contribution >= 0.6 is 0 Å². The Kier molecular flexibility index (Phi) is 34.3. The maximum Gasteiger partial charge on any atom is 0.329 e. The number of nitrogens with zero attached hydrogens (tertiary/aromatic N) is 1. The number of hydrogen-bond donors (Lipinski definition) is 14. The van der Waals surface area contributed by atoms with Gasteiger partial charge in [-0.1, -0.05) is 146 Å². The monoisotopic (exact) mass is 1360 g/mol. The first kappa shape index (κ1) is 83.2. The molecular weight excluding hydrogens is 1250 g/mol. The van der Waals surface area contributed by atoms with Crippen LogP contribution in [0.4, 0.5) is 0 Å². The molecule has 0 aromatic heterocycles. The van der Waals surface area contributed by atoms with Crippen molar-refractivity contribution in [3.63, 3.8) is 0 Å². The summed E-state index contributed by atoms with van der Waals surface area (Å²) in [5.41, 5.74) is 12.6. The molecule has 2 aliphatic rings. The number of esters is 1. The van der Waals surface area contributed by atoms with Crippen molar-refractivity contribution in [2.24, 2.45) is 52.9 Å². The predicted molar refractivity (Wildman–Crippen MR) is 363 cm³/mol. The lowest BCUT2D eigenvalue weighted by Gasteiger charge is -2.33. The number of rotatable bonds is 28. The van der Waals surface area contributed by atoms with Gasteiger partial charge < -0.3 is 84.7 Å². The van der Waals surface area contributed by atoms with Crippen LogP contribution < -0.4 is 70.0 Å². The van der Waals surface area contributed by atoms with Crippen LogP contribution in [-0.2, 0) is 73.5 Å². The van der Waals surface area contributed by atoms with Crippen molar-refractivity contribution in [2.45, 2.75) is 240 Å². The number of carbonyl (C=O) groups excluding carboxylic acids is 13. The molecule has 0 saturated carbocycles. The Labute approximate surface area is 571 Å². The molecule has 0 bridgehead atoms. The van der Waals surface area contributed by atoms with Crippen molar-refractivity contribution in [2.75, 3.05) is 19.6 Å². The molecule has 16 N–H and O–H groups in total. The topological polar surface area (TPSA) is 439 Å².